The summed E-state index contributed by atoms with van der Waals surface area (Å²) in [6.07, 6.45) is 0. The van der Waals surface area contributed by atoms with Gasteiger partial charge in [0.2, 0.25) is 5.76 Å². The Kier molecular flexibility index (Phi) is 3.89. The summed E-state index contributed by atoms with van der Waals surface area (Å²) in [5.74, 6) is 0.985. The highest BCUT2D eigenvalue weighted by Crippen LogP contribution is 2.30. The van der Waals surface area contributed by atoms with Gasteiger partial charge in [-0.1, -0.05) is 17.3 Å². The number of carbonyl (C=O) groups excluding carboxylic acids is 1. The zero-order chi connectivity index (χ0) is 18.1. The zero-order valence-electron chi connectivity index (χ0n) is 14.2. The number of methoxy groups -OCH3 is 1. The van der Waals surface area contributed by atoms with Crippen LogP contribution in [-0.4, -0.2) is 28.1 Å². The summed E-state index contributed by atoms with van der Waals surface area (Å²) in [6.45, 7) is 1.75. The summed E-state index contributed by atoms with van der Waals surface area (Å²) in [6, 6.07) is 14.8. The quantitative estimate of drug-likeness (QED) is 0.585. The molecule has 130 valence electrons. The topological polar surface area (TPSA) is 93.0 Å². The maximum absolute atomic E-state index is 12.4. The Morgan fingerprint density at radius 1 is 1.19 bits per heavy atom. The van der Waals surface area contributed by atoms with E-state index in [1.54, 1.807) is 32.2 Å². The lowest BCUT2D eigenvalue weighted by atomic mass is 10.1. The van der Waals surface area contributed by atoms with Crippen LogP contribution in [0.15, 0.2) is 53.1 Å². The van der Waals surface area contributed by atoms with Crippen molar-refractivity contribution in [3.05, 3.63) is 60.0 Å². The van der Waals surface area contributed by atoms with Crippen LogP contribution >= 0.6 is 0 Å². The second-order valence-electron chi connectivity index (χ2n) is 5.80. The SMILES string of the molecule is COc1ccc(-c2nc3ccccc3[nH]2)cc1NC(=O)c1cc(C)no1. The Morgan fingerprint density at radius 2 is 2.04 bits per heavy atom. The Hall–Kier alpha value is -3.61. The number of hydrogen-bond donors (Lipinski definition) is 2. The number of aromatic amines is 1. The lowest BCUT2D eigenvalue weighted by Crippen LogP contribution is -2.12. The molecular weight excluding hydrogens is 332 g/mol. The van der Waals surface area contributed by atoms with Crippen molar-refractivity contribution in [2.24, 2.45) is 0 Å². The number of para-hydroxylation sites is 2. The van der Waals surface area contributed by atoms with Crippen molar-refractivity contribution in [1.82, 2.24) is 15.1 Å². The van der Waals surface area contributed by atoms with Crippen LogP contribution in [0.25, 0.3) is 22.4 Å². The molecular formula is C19H16N4O3. The molecule has 0 unspecified atom stereocenters. The fourth-order valence-corrected chi connectivity index (χ4v) is 2.70. The fourth-order valence-electron chi connectivity index (χ4n) is 2.70. The molecule has 0 fully saturated rings. The lowest BCUT2D eigenvalue weighted by Gasteiger charge is -2.10. The molecule has 0 aliphatic carbocycles. The van der Waals surface area contributed by atoms with Gasteiger partial charge in [0.05, 0.1) is 29.5 Å². The number of imidazole rings is 1. The van der Waals surface area contributed by atoms with E-state index < -0.39 is 5.91 Å². The second-order valence-corrected chi connectivity index (χ2v) is 5.80. The minimum atomic E-state index is -0.398. The molecule has 0 bridgehead atoms. The van der Waals surface area contributed by atoms with Gasteiger partial charge < -0.3 is 19.6 Å². The Bertz CT molecular complexity index is 1060. The van der Waals surface area contributed by atoms with Crippen LogP contribution in [0.2, 0.25) is 0 Å². The highest BCUT2D eigenvalue weighted by molar-refractivity contribution is 6.03. The van der Waals surface area contributed by atoms with Crippen molar-refractivity contribution in [3.8, 4) is 17.1 Å². The van der Waals surface area contributed by atoms with Gasteiger partial charge in [0.15, 0.2) is 0 Å². The highest BCUT2D eigenvalue weighted by Gasteiger charge is 2.16. The summed E-state index contributed by atoms with van der Waals surface area (Å²) >= 11 is 0. The maximum atomic E-state index is 12.4. The van der Waals surface area contributed by atoms with E-state index in [0.717, 1.165) is 16.6 Å². The van der Waals surface area contributed by atoms with Crippen molar-refractivity contribution >= 4 is 22.6 Å². The number of fused-ring (bicyclic) bond motifs is 1. The standard InChI is InChI=1S/C19H16N4O3/c1-11-9-17(26-23-11)19(24)22-15-10-12(7-8-16(15)25-2)18-20-13-5-3-4-6-14(13)21-18/h3-10H,1-2H3,(H,20,21)(H,22,24). The van der Waals surface area contributed by atoms with Gasteiger partial charge in [0.1, 0.15) is 11.6 Å². The molecule has 0 aliphatic rings. The molecule has 1 amide bonds. The first-order valence-electron chi connectivity index (χ1n) is 8.02. The normalized spacial score (nSPS) is 10.8. The molecule has 0 atom stereocenters. The molecule has 7 heteroatoms. The third-order valence-electron chi connectivity index (χ3n) is 3.96. The third kappa shape index (κ3) is 2.90. The molecule has 0 saturated carbocycles. The van der Waals surface area contributed by atoms with Crippen molar-refractivity contribution in [3.63, 3.8) is 0 Å². The van der Waals surface area contributed by atoms with Crippen molar-refractivity contribution < 1.29 is 14.1 Å². The first kappa shape index (κ1) is 15.9. The second kappa shape index (κ2) is 6.36. The Morgan fingerprint density at radius 3 is 2.77 bits per heavy atom. The number of hydrogen-bond acceptors (Lipinski definition) is 5. The summed E-state index contributed by atoms with van der Waals surface area (Å²) in [5, 5.41) is 6.52. The summed E-state index contributed by atoms with van der Waals surface area (Å²) in [7, 11) is 1.55. The van der Waals surface area contributed by atoms with Gasteiger partial charge in [-0.05, 0) is 37.3 Å². The molecule has 0 radical (unpaired) electrons. The lowest BCUT2D eigenvalue weighted by molar-refractivity contribution is 0.0987. The van der Waals surface area contributed by atoms with E-state index in [9.17, 15) is 4.79 Å². The van der Waals surface area contributed by atoms with Crippen LogP contribution < -0.4 is 10.1 Å². The van der Waals surface area contributed by atoms with Gasteiger partial charge in [0, 0.05) is 11.6 Å². The molecule has 2 heterocycles. The predicted molar refractivity (Wildman–Crippen MR) is 97.3 cm³/mol. The molecule has 0 saturated heterocycles. The molecule has 2 aromatic heterocycles. The van der Waals surface area contributed by atoms with E-state index >= 15 is 0 Å². The number of nitrogens with zero attached hydrogens (tertiary/aromatic N) is 2. The molecule has 0 aliphatic heterocycles. The van der Waals surface area contributed by atoms with Crippen molar-refractivity contribution in [2.75, 3.05) is 12.4 Å². The minimum absolute atomic E-state index is 0.138. The number of anilines is 1. The number of carbonyl (C=O) groups is 1. The number of ether oxygens (including phenoxy) is 1. The molecule has 2 N–H and O–H groups in total. The molecule has 0 spiro atoms. The van der Waals surface area contributed by atoms with Gasteiger partial charge in [-0.25, -0.2) is 4.98 Å². The molecule has 4 aromatic rings. The van der Waals surface area contributed by atoms with Crippen LogP contribution in [0.1, 0.15) is 16.2 Å². The largest absolute Gasteiger partial charge is 0.495 e. The molecule has 26 heavy (non-hydrogen) atoms. The number of nitrogens with one attached hydrogen (secondary N) is 2. The van der Waals surface area contributed by atoms with Crippen molar-refractivity contribution in [2.45, 2.75) is 6.92 Å². The first-order valence-corrected chi connectivity index (χ1v) is 8.02. The van der Waals surface area contributed by atoms with Crippen molar-refractivity contribution in [1.29, 1.82) is 0 Å². The number of benzene rings is 2. The first-order chi connectivity index (χ1) is 12.6. The molecule has 4 rings (SSSR count). The van der Waals surface area contributed by atoms with Crippen LogP contribution in [0.4, 0.5) is 5.69 Å². The Balaban J connectivity index is 1.69. The average molecular weight is 348 g/mol. The highest BCUT2D eigenvalue weighted by atomic mass is 16.5. The third-order valence-corrected chi connectivity index (χ3v) is 3.96. The van der Waals surface area contributed by atoms with E-state index in [1.165, 1.54) is 0 Å². The van der Waals surface area contributed by atoms with Gasteiger partial charge in [-0.3, -0.25) is 4.79 Å². The van der Waals surface area contributed by atoms with Gasteiger partial charge in [-0.2, -0.15) is 0 Å². The van der Waals surface area contributed by atoms with E-state index in [-0.39, 0.29) is 5.76 Å². The average Bonchev–Trinajstić information content (AvgIpc) is 3.27. The maximum Gasteiger partial charge on any atom is 0.294 e. The van der Waals surface area contributed by atoms with E-state index in [4.69, 9.17) is 9.26 Å². The monoisotopic (exact) mass is 348 g/mol. The Labute approximate surface area is 149 Å². The summed E-state index contributed by atoms with van der Waals surface area (Å²) < 4.78 is 10.4. The number of rotatable bonds is 4. The smallest absolute Gasteiger partial charge is 0.294 e. The van der Waals surface area contributed by atoms with Crippen LogP contribution in [0.5, 0.6) is 5.75 Å². The number of aryl methyl sites for hydroxylation is 1. The van der Waals surface area contributed by atoms with Gasteiger partial charge >= 0.3 is 0 Å². The van der Waals surface area contributed by atoms with E-state index in [0.29, 0.717) is 23.0 Å². The number of amides is 1. The fraction of sp³-hybridized carbons (Fsp3) is 0.105. The van der Waals surface area contributed by atoms with E-state index in [1.807, 2.05) is 30.3 Å². The van der Waals surface area contributed by atoms with Crippen LogP contribution in [0, 0.1) is 6.92 Å². The van der Waals surface area contributed by atoms with Crippen LogP contribution in [0.3, 0.4) is 0 Å². The molecule has 2 aromatic carbocycles. The summed E-state index contributed by atoms with van der Waals surface area (Å²) in [4.78, 5) is 20.2. The minimum Gasteiger partial charge on any atom is -0.495 e. The zero-order valence-corrected chi connectivity index (χ0v) is 14.2. The number of H-pyrrole nitrogens is 1. The van der Waals surface area contributed by atoms with E-state index in [2.05, 4.69) is 20.4 Å². The van der Waals surface area contributed by atoms with Gasteiger partial charge in [0.25, 0.3) is 5.91 Å². The number of aromatic nitrogens is 3. The van der Waals surface area contributed by atoms with Crippen LogP contribution in [-0.2, 0) is 0 Å². The summed E-state index contributed by atoms with van der Waals surface area (Å²) in [5.41, 5.74) is 3.80. The molecule has 7 nitrogen and oxygen atoms in total. The van der Waals surface area contributed by atoms with Gasteiger partial charge in [-0.15, -0.1) is 0 Å². The predicted octanol–water partition coefficient (Wildman–Crippen LogP) is 3.79.